The molecular formula is C12H13ClFNO. The predicted molar refractivity (Wildman–Crippen MR) is 61.1 cm³/mol. The highest BCUT2D eigenvalue weighted by Gasteiger charge is 2.30. The summed E-state index contributed by atoms with van der Waals surface area (Å²) in [7, 11) is 0. The third-order valence-electron chi connectivity index (χ3n) is 2.88. The van der Waals surface area contributed by atoms with Gasteiger partial charge < -0.3 is 5.73 Å². The van der Waals surface area contributed by atoms with Gasteiger partial charge in [0.15, 0.2) is 5.78 Å². The fourth-order valence-corrected chi connectivity index (χ4v) is 1.95. The summed E-state index contributed by atoms with van der Waals surface area (Å²) in [6.45, 7) is 0. The third kappa shape index (κ3) is 2.60. The number of hydrogen-bond donors (Lipinski definition) is 1. The third-order valence-corrected chi connectivity index (χ3v) is 3.21. The zero-order valence-electron chi connectivity index (χ0n) is 8.75. The van der Waals surface area contributed by atoms with E-state index in [4.69, 9.17) is 17.3 Å². The smallest absolute Gasteiger partial charge is 0.166 e. The molecule has 2 rings (SSSR count). The van der Waals surface area contributed by atoms with Gasteiger partial charge in [-0.2, -0.15) is 0 Å². The Balaban J connectivity index is 2.10. The van der Waals surface area contributed by atoms with E-state index >= 15 is 0 Å². The van der Waals surface area contributed by atoms with Gasteiger partial charge in [0.1, 0.15) is 5.82 Å². The van der Waals surface area contributed by atoms with E-state index in [0.717, 1.165) is 12.8 Å². The number of carbonyl (C=O) groups is 1. The molecule has 1 fully saturated rings. The van der Waals surface area contributed by atoms with Crippen molar-refractivity contribution in [3.63, 3.8) is 0 Å². The first-order valence-corrected chi connectivity index (χ1v) is 5.69. The van der Waals surface area contributed by atoms with Crippen molar-refractivity contribution in [2.24, 2.45) is 11.7 Å². The second kappa shape index (κ2) is 4.52. The van der Waals surface area contributed by atoms with Crippen molar-refractivity contribution < 1.29 is 9.18 Å². The molecule has 0 radical (unpaired) electrons. The molecule has 1 atom stereocenters. The molecule has 86 valence electrons. The molecule has 1 aliphatic carbocycles. The van der Waals surface area contributed by atoms with Gasteiger partial charge in [-0.25, -0.2) is 4.39 Å². The summed E-state index contributed by atoms with van der Waals surface area (Å²) < 4.78 is 13.0. The maximum Gasteiger partial charge on any atom is 0.166 e. The highest BCUT2D eigenvalue weighted by atomic mass is 35.5. The van der Waals surface area contributed by atoms with Crippen molar-refractivity contribution in [3.05, 3.63) is 34.6 Å². The van der Waals surface area contributed by atoms with E-state index in [1.165, 1.54) is 18.2 Å². The minimum Gasteiger partial charge on any atom is -0.327 e. The normalized spacial score (nSPS) is 17.2. The van der Waals surface area contributed by atoms with Crippen LogP contribution in [0.4, 0.5) is 4.39 Å². The summed E-state index contributed by atoms with van der Waals surface area (Å²) in [5, 5.41) is 0.286. The lowest BCUT2D eigenvalue weighted by molar-refractivity contribution is 0.0971. The van der Waals surface area contributed by atoms with Crippen molar-refractivity contribution in [2.45, 2.75) is 25.3 Å². The first-order chi connectivity index (χ1) is 7.58. The van der Waals surface area contributed by atoms with E-state index in [1.54, 1.807) is 0 Å². The summed E-state index contributed by atoms with van der Waals surface area (Å²) in [5.41, 5.74) is 6.08. The fraction of sp³-hybridized carbons (Fsp3) is 0.417. The molecule has 1 unspecified atom stereocenters. The van der Waals surface area contributed by atoms with Gasteiger partial charge in [0.25, 0.3) is 0 Å². The Morgan fingerprint density at radius 1 is 1.56 bits per heavy atom. The Morgan fingerprint density at radius 2 is 2.25 bits per heavy atom. The molecule has 0 bridgehead atoms. The molecule has 2 nitrogen and oxygen atoms in total. The molecule has 16 heavy (non-hydrogen) atoms. The lowest BCUT2D eigenvalue weighted by Gasteiger charge is -2.09. The summed E-state index contributed by atoms with van der Waals surface area (Å²) >= 11 is 5.84. The number of benzene rings is 1. The number of ketones is 1. The Bertz CT molecular complexity index is 417. The summed E-state index contributed by atoms with van der Waals surface area (Å²) in [5.74, 6) is -0.173. The average molecular weight is 242 g/mol. The van der Waals surface area contributed by atoms with Gasteiger partial charge in [0.05, 0.1) is 5.02 Å². The molecule has 0 saturated heterocycles. The van der Waals surface area contributed by atoms with E-state index in [9.17, 15) is 9.18 Å². The first-order valence-electron chi connectivity index (χ1n) is 5.32. The van der Waals surface area contributed by atoms with Gasteiger partial charge in [-0.1, -0.05) is 11.6 Å². The van der Waals surface area contributed by atoms with Crippen LogP contribution in [-0.4, -0.2) is 11.8 Å². The van der Waals surface area contributed by atoms with Crippen LogP contribution in [0, 0.1) is 11.7 Å². The zero-order chi connectivity index (χ0) is 11.7. The van der Waals surface area contributed by atoms with Gasteiger partial charge >= 0.3 is 0 Å². The number of rotatable bonds is 4. The van der Waals surface area contributed by atoms with Gasteiger partial charge in [-0.3, -0.25) is 4.79 Å². The molecule has 1 aromatic carbocycles. The van der Waals surface area contributed by atoms with E-state index in [1.807, 2.05) is 0 Å². The van der Waals surface area contributed by atoms with Crippen molar-refractivity contribution in [1.29, 1.82) is 0 Å². The minimum absolute atomic E-state index is 0.119. The van der Waals surface area contributed by atoms with Crippen LogP contribution >= 0.6 is 11.6 Å². The zero-order valence-corrected chi connectivity index (χ0v) is 9.51. The van der Waals surface area contributed by atoms with Crippen LogP contribution in [0.15, 0.2) is 18.2 Å². The monoisotopic (exact) mass is 241 g/mol. The largest absolute Gasteiger partial charge is 0.327 e. The summed E-state index contributed by atoms with van der Waals surface area (Å²) in [6, 6.07) is 3.68. The number of carbonyl (C=O) groups excluding carboxylic acids is 1. The standard InChI is InChI=1S/C12H13ClFNO/c13-10-4-3-8(14)5-9(10)12(16)6-11(15)7-1-2-7/h3-5,7,11H,1-2,6,15H2. The predicted octanol–water partition coefficient (Wildman–Crippen LogP) is 2.79. The number of Topliss-reactive ketones (excluding diaryl/α,β-unsaturated/α-hetero) is 1. The molecule has 1 saturated carbocycles. The SMILES string of the molecule is NC(CC(=O)c1cc(F)ccc1Cl)C1CC1. The van der Waals surface area contributed by atoms with Crippen molar-refractivity contribution in [1.82, 2.24) is 0 Å². The van der Waals surface area contributed by atoms with Crippen LogP contribution in [0.1, 0.15) is 29.6 Å². The Morgan fingerprint density at radius 3 is 2.88 bits per heavy atom. The van der Waals surface area contributed by atoms with Crippen LogP contribution in [-0.2, 0) is 0 Å². The van der Waals surface area contributed by atoms with Crippen molar-refractivity contribution in [3.8, 4) is 0 Å². The number of halogens is 2. The lowest BCUT2D eigenvalue weighted by Crippen LogP contribution is -2.26. The maximum atomic E-state index is 13.0. The Kier molecular flexibility index (Phi) is 3.26. The molecule has 1 aromatic rings. The van der Waals surface area contributed by atoms with Crippen LogP contribution in [0.2, 0.25) is 5.02 Å². The van der Waals surface area contributed by atoms with Crippen molar-refractivity contribution >= 4 is 17.4 Å². The van der Waals surface area contributed by atoms with Gasteiger partial charge in [-0.05, 0) is 37.0 Å². The average Bonchev–Trinajstić information content (AvgIpc) is 3.04. The Labute approximate surface area is 98.6 Å². The van der Waals surface area contributed by atoms with Crippen LogP contribution < -0.4 is 5.73 Å². The topological polar surface area (TPSA) is 43.1 Å². The van der Waals surface area contributed by atoms with Crippen molar-refractivity contribution in [2.75, 3.05) is 0 Å². The van der Waals surface area contributed by atoms with E-state index in [-0.39, 0.29) is 28.8 Å². The molecule has 0 spiro atoms. The van der Waals surface area contributed by atoms with Crippen LogP contribution in [0.3, 0.4) is 0 Å². The molecular weight excluding hydrogens is 229 g/mol. The van der Waals surface area contributed by atoms with E-state index in [2.05, 4.69) is 0 Å². The lowest BCUT2D eigenvalue weighted by atomic mass is 10.0. The Hall–Kier alpha value is -0.930. The summed E-state index contributed by atoms with van der Waals surface area (Å²) in [6.07, 6.45) is 2.42. The maximum absolute atomic E-state index is 13.0. The number of nitrogens with two attached hydrogens (primary N) is 1. The second-order valence-corrected chi connectivity index (χ2v) is 4.66. The van der Waals surface area contributed by atoms with E-state index < -0.39 is 5.82 Å². The highest BCUT2D eigenvalue weighted by molar-refractivity contribution is 6.33. The quantitative estimate of drug-likeness (QED) is 0.824. The highest BCUT2D eigenvalue weighted by Crippen LogP contribution is 2.33. The molecule has 1 aliphatic rings. The molecule has 0 heterocycles. The second-order valence-electron chi connectivity index (χ2n) is 4.25. The van der Waals surface area contributed by atoms with Crippen LogP contribution in [0.5, 0.6) is 0 Å². The van der Waals surface area contributed by atoms with Gasteiger partial charge in [-0.15, -0.1) is 0 Å². The molecule has 0 aromatic heterocycles. The van der Waals surface area contributed by atoms with E-state index in [0.29, 0.717) is 5.92 Å². The number of hydrogen-bond acceptors (Lipinski definition) is 2. The minimum atomic E-state index is -0.451. The molecule has 4 heteroatoms. The molecule has 0 aliphatic heterocycles. The van der Waals surface area contributed by atoms with Gasteiger partial charge in [0, 0.05) is 18.0 Å². The molecule has 0 amide bonds. The molecule has 2 N–H and O–H groups in total. The van der Waals surface area contributed by atoms with Crippen LogP contribution in [0.25, 0.3) is 0 Å². The fourth-order valence-electron chi connectivity index (χ4n) is 1.73. The first kappa shape index (κ1) is 11.6. The van der Waals surface area contributed by atoms with Gasteiger partial charge in [0.2, 0.25) is 0 Å². The summed E-state index contributed by atoms with van der Waals surface area (Å²) in [4.78, 5) is 11.8.